The van der Waals surface area contributed by atoms with Gasteiger partial charge in [0.05, 0.1) is 0 Å². The number of rotatable bonds is 1. The smallest absolute Gasteiger partial charge is 0.197 e. The molecule has 0 aliphatic carbocycles. The van der Waals surface area contributed by atoms with Gasteiger partial charge in [-0.2, -0.15) is 5.26 Å². The van der Waals surface area contributed by atoms with Crippen molar-refractivity contribution in [3.63, 3.8) is 0 Å². The van der Waals surface area contributed by atoms with E-state index in [0.29, 0.717) is 5.01 Å². The van der Waals surface area contributed by atoms with Gasteiger partial charge >= 0.3 is 0 Å². The second-order valence-corrected chi connectivity index (χ2v) is 0.711. The minimum atomic E-state index is -0.420. The Morgan fingerprint density at radius 2 is 2.50 bits per heavy atom. The summed E-state index contributed by atoms with van der Waals surface area (Å²) in [5.74, 6) is 4.69. The Balaban J connectivity index is 3.04. The molecule has 0 saturated heterocycles. The van der Waals surface area contributed by atoms with Crippen LogP contribution in [0.25, 0.3) is 0 Å². The summed E-state index contributed by atoms with van der Waals surface area (Å²) in [5.41, 5.74) is 0. The Kier molecular flexibility index (Phi) is 2.13. The Labute approximate surface area is 35.4 Å². The van der Waals surface area contributed by atoms with Crippen molar-refractivity contribution in [3.8, 4) is 6.19 Å². The zero-order chi connectivity index (χ0) is 4.99. The van der Waals surface area contributed by atoms with Gasteiger partial charge in [0.15, 0.2) is 6.19 Å². The first kappa shape index (κ1) is 5.21. The lowest BCUT2D eigenvalue weighted by molar-refractivity contribution is 0.160. The van der Waals surface area contributed by atoms with E-state index in [0.717, 1.165) is 0 Å². The van der Waals surface area contributed by atoms with Crippen molar-refractivity contribution in [3.05, 3.63) is 0 Å². The number of nitrogens with two attached hydrogens (primary N) is 1. The SMILES string of the molecule is N#CN(N)CO. The molecule has 0 heterocycles. The molecule has 6 heavy (non-hydrogen) atoms. The Morgan fingerprint density at radius 1 is 2.00 bits per heavy atom. The van der Waals surface area contributed by atoms with Crippen molar-refractivity contribution in [2.45, 2.75) is 0 Å². The third kappa shape index (κ3) is 1.52. The van der Waals surface area contributed by atoms with E-state index < -0.39 is 6.73 Å². The maximum atomic E-state index is 7.91. The highest BCUT2D eigenvalue weighted by Crippen LogP contribution is 1.59. The van der Waals surface area contributed by atoms with Gasteiger partial charge in [0.2, 0.25) is 0 Å². The standard InChI is InChI=1S/C2H5N3O/c3-1-5(4)2-6/h6H,2,4H2. The van der Waals surface area contributed by atoms with Gasteiger partial charge in [0.1, 0.15) is 6.73 Å². The number of hydrazine groups is 1. The Morgan fingerprint density at radius 3 is 2.50 bits per heavy atom. The molecule has 0 radical (unpaired) electrons. The van der Waals surface area contributed by atoms with Gasteiger partial charge in [-0.05, 0) is 0 Å². The largest absolute Gasteiger partial charge is 0.374 e. The van der Waals surface area contributed by atoms with Crippen LogP contribution in [0.2, 0.25) is 0 Å². The van der Waals surface area contributed by atoms with E-state index in [1.54, 1.807) is 0 Å². The van der Waals surface area contributed by atoms with E-state index in [4.69, 9.17) is 16.2 Å². The Bertz CT molecular complexity index is 65.7. The van der Waals surface area contributed by atoms with Crippen LogP contribution < -0.4 is 5.84 Å². The minimum Gasteiger partial charge on any atom is -0.374 e. The number of aliphatic hydroxyl groups is 1. The number of nitrogens with zero attached hydrogens (tertiary/aromatic N) is 2. The first-order valence-electron chi connectivity index (χ1n) is 1.34. The first-order chi connectivity index (χ1) is 2.81. The molecule has 0 aromatic carbocycles. The van der Waals surface area contributed by atoms with Crippen LogP contribution in [-0.4, -0.2) is 16.8 Å². The highest BCUT2D eigenvalue weighted by Gasteiger charge is 1.80. The predicted molar refractivity (Wildman–Crippen MR) is 18.7 cm³/mol. The fourth-order valence-electron chi connectivity index (χ4n) is 0.0316. The zero-order valence-corrected chi connectivity index (χ0v) is 3.13. The molecule has 4 heteroatoms. The quantitative estimate of drug-likeness (QED) is 0.135. The van der Waals surface area contributed by atoms with E-state index in [9.17, 15) is 0 Å². The molecule has 0 aromatic heterocycles. The summed E-state index contributed by atoms with van der Waals surface area (Å²) in [6.45, 7) is -0.420. The van der Waals surface area contributed by atoms with Gasteiger partial charge in [-0.1, -0.05) is 0 Å². The third-order valence-electron chi connectivity index (χ3n) is 0.281. The zero-order valence-electron chi connectivity index (χ0n) is 3.13. The molecule has 0 aromatic rings. The number of hydrogen-bond donors (Lipinski definition) is 2. The second-order valence-electron chi connectivity index (χ2n) is 0.711. The molecule has 0 atom stereocenters. The van der Waals surface area contributed by atoms with Crippen molar-refractivity contribution in [2.75, 3.05) is 6.73 Å². The van der Waals surface area contributed by atoms with E-state index in [1.807, 2.05) is 0 Å². The minimum absolute atomic E-state index is 0.420. The van der Waals surface area contributed by atoms with Gasteiger partial charge < -0.3 is 5.11 Å². The molecule has 4 nitrogen and oxygen atoms in total. The van der Waals surface area contributed by atoms with Crippen LogP contribution in [0.5, 0.6) is 0 Å². The van der Waals surface area contributed by atoms with Crippen molar-refractivity contribution in [2.24, 2.45) is 5.84 Å². The number of aliphatic hydroxyl groups excluding tert-OH is 1. The maximum absolute atomic E-state index is 7.91. The molecule has 0 unspecified atom stereocenters. The molecule has 0 bridgehead atoms. The molecule has 0 rings (SSSR count). The lowest BCUT2D eigenvalue weighted by atomic mass is 11.1. The number of nitriles is 1. The fraction of sp³-hybridized carbons (Fsp3) is 0.500. The van der Waals surface area contributed by atoms with E-state index in [-0.39, 0.29) is 0 Å². The van der Waals surface area contributed by atoms with Crippen LogP contribution in [0, 0.1) is 11.5 Å². The molecule has 0 amide bonds. The molecule has 0 spiro atoms. The molecule has 0 aliphatic rings. The highest BCUT2D eigenvalue weighted by molar-refractivity contribution is 4.60. The van der Waals surface area contributed by atoms with Crippen molar-refractivity contribution in [1.82, 2.24) is 5.01 Å². The van der Waals surface area contributed by atoms with Crippen molar-refractivity contribution >= 4 is 0 Å². The molecular weight excluding hydrogens is 82.0 g/mol. The summed E-state index contributed by atoms with van der Waals surface area (Å²) < 4.78 is 0. The van der Waals surface area contributed by atoms with Crippen LogP contribution in [0.4, 0.5) is 0 Å². The van der Waals surface area contributed by atoms with Gasteiger partial charge in [-0.15, -0.1) is 0 Å². The lowest BCUT2D eigenvalue weighted by Crippen LogP contribution is -2.25. The first-order valence-corrected chi connectivity index (χ1v) is 1.34. The van der Waals surface area contributed by atoms with Crippen LogP contribution in [0.15, 0.2) is 0 Å². The van der Waals surface area contributed by atoms with Crippen molar-refractivity contribution in [1.29, 1.82) is 5.26 Å². The molecule has 34 valence electrons. The van der Waals surface area contributed by atoms with Crippen LogP contribution in [-0.2, 0) is 0 Å². The lowest BCUT2D eigenvalue weighted by Gasteiger charge is -1.97. The summed E-state index contributed by atoms with van der Waals surface area (Å²) in [5, 5.41) is 16.2. The number of hydrogen-bond acceptors (Lipinski definition) is 4. The van der Waals surface area contributed by atoms with Crippen LogP contribution >= 0.6 is 0 Å². The van der Waals surface area contributed by atoms with E-state index in [1.165, 1.54) is 6.19 Å². The summed E-state index contributed by atoms with van der Waals surface area (Å²) in [7, 11) is 0. The summed E-state index contributed by atoms with van der Waals surface area (Å²) in [6, 6.07) is 0. The van der Waals surface area contributed by atoms with Gasteiger partial charge in [0, 0.05) is 0 Å². The van der Waals surface area contributed by atoms with E-state index >= 15 is 0 Å². The van der Waals surface area contributed by atoms with Crippen LogP contribution in [0.1, 0.15) is 0 Å². The molecular formula is C2H5N3O. The average Bonchev–Trinajstić information content (AvgIpc) is 1.65. The van der Waals surface area contributed by atoms with Gasteiger partial charge in [-0.25, -0.2) is 10.9 Å². The average molecular weight is 87.1 g/mol. The maximum Gasteiger partial charge on any atom is 0.197 e. The van der Waals surface area contributed by atoms with Crippen LogP contribution in [0.3, 0.4) is 0 Å². The second kappa shape index (κ2) is 2.45. The highest BCUT2D eigenvalue weighted by atomic mass is 16.3. The van der Waals surface area contributed by atoms with Gasteiger partial charge in [-0.3, -0.25) is 0 Å². The van der Waals surface area contributed by atoms with Crippen molar-refractivity contribution < 1.29 is 5.11 Å². The summed E-state index contributed by atoms with van der Waals surface area (Å²) in [4.78, 5) is 0. The molecule has 0 saturated carbocycles. The van der Waals surface area contributed by atoms with Gasteiger partial charge in [0.25, 0.3) is 0 Å². The summed E-state index contributed by atoms with van der Waals surface area (Å²) in [6.07, 6.45) is 1.48. The normalized spacial score (nSPS) is 6.83. The molecule has 0 aliphatic heterocycles. The molecule has 0 fully saturated rings. The fourth-order valence-corrected chi connectivity index (χ4v) is 0.0316. The third-order valence-corrected chi connectivity index (χ3v) is 0.281. The monoisotopic (exact) mass is 87.0 g/mol. The van der Waals surface area contributed by atoms with E-state index in [2.05, 4.69) is 0 Å². The molecule has 3 N–H and O–H groups in total. The topological polar surface area (TPSA) is 73.3 Å². The Hall–Kier alpha value is -0.790. The summed E-state index contributed by atoms with van der Waals surface area (Å²) >= 11 is 0. The predicted octanol–water partition coefficient (Wildman–Crippen LogP) is -1.41.